The number of nitrogens with one attached hydrogen (secondary N) is 1. The number of pyridine rings is 1. The monoisotopic (exact) mass is 254 g/mol. The normalized spacial score (nSPS) is 10.4. The second kappa shape index (κ2) is 4.67. The van der Waals surface area contributed by atoms with Crippen molar-refractivity contribution >= 4 is 23.1 Å². The Morgan fingerprint density at radius 3 is 2.59 bits per heavy atom. The Hall–Kier alpha value is -1.68. The molecule has 0 saturated carbocycles. The van der Waals surface area contributed by atoms with Crippen LogP contribution in [0.5, 0.6) is 0 Å². The number of anilines is 2. The standard InChI is InChI=1S/C12H9ClF2N2/c1-7-4-11(15)12(16-6-7)17-8-2-3-10(14)9(13)5-8/h2-6H,1H3,(H,16,17). The van der Waals surface area contributed by atoms with Crippen LogP contribution in [-0.4, -0.2) is 4.98 Å². The molecular weight excluding hydrogens is 246 g/mol. The first-order valence-corrected chi connectivity index (χ1v) is 5.28. The van der Waals surface area contributed by atoms with Crippen molar-refractivity contribution in [2.75, 3.05) is 5.32 Å². The highest BCUT2D eigenvalue weighted by atomic mass is 35.5. The van der Waals surface area contributed by atoms with Gasteiger partial charge in [0.1, 0.15) is 5.82 Å². The van der Waals surface area contributed by atoms with Crippen molar-refractivity contribution in [2.45, 2.75) is 6.92 Å². The summed E-state index contributed by atoms with van der Waals surface area (Å²) in [6, 6.07) is 5.40. The highest BCUT2D eigenvalue weighted by molar-refractivity contribution is 6.31. The third-order valence-corrected chi connectivity index (χ3v) is 2.45. The van der Waals surface area contributed by atoms with Crippen LogP contribution in [0.25, 0.3) is 0 Å². The summed E-state index contributed by atoms with van der Waals surface area (Å²) in [4.78, 5) is 3.90. The fourth-order valence-corrected chi connectivity index (χ4v) is 1.52. The van der Waals surface area contributed by atoms with Crippen molar-refractivity contribution in [3.63, 3.8) is 0 Å². The molecule has 1 N–H and O–H groups in total. The van der Waals surface area contributed by atoms with Crippen LogP contribution in [0, 0.1) is 18.6 Å². The molecule has 0 aliphatic heterocycles. The molecule has 17 heavy (non-hydrogen) atoms. The van der Waals surface area contributed by atoms with E-state index < -0.39 is 11.6 Å². The van der Waals surface area contributed by atoms with E-state index in [0.29, 0.717) is 5.69 Å². The van der Waals surface area contributed by atoms with Gasteiger partial charge in [0.2, 0.25) is 0 Å². The van der Waals surface area contributed by atoms with E-state index in [9.17, 15) is 8.78 Å². The summed E-state index contributed by atoms with van der Waals surface area (Å²) in [7, 11) is 0. The Labute approximate surface area is 102 Å². The van der Waals surface area contributed by atoms with Crippen LogP contribution in [0.15, 0.2) is 30.5 Å². The summed E-state index contributed by atoms with van der Waals surface area (Å²) in [5, 5.41) is 2.70. The van der Waals surface area contributed by atoms with Gasteiger partial charge in [0, 0.05) is 11.9 Å². The maximum Gasteiger partial charge on any atom is 0.166 e. The van der Waals surface area contributed by atoms with E-state index in [1.807, 2.05) is 0 Å². The second-order valence-corrected chi connectivity index (χ2v) is 4.00. The number of aryl methyl sites for hydroxylation is 1. The van der Waals surface area contributed by atoms with Gasteiger partial charge in [-0.25, -0.2) is 13.8 Å². The van der Waals surface area contributed by atoms with Crippen LogP contribution < -0.4 is 5.32 Å². The Kier molecular flexibility index (Phi) is 3.24. The first kappa shape index (κ1) is 11.8. The fourth-order valence-electron chi connectivity index (χ4n) is 1.34. The van der Waals surface area contributed by atoms with Gasteiger partial charge in [-0.05, 0) is 36.8 Å². The van der Waals surface area contributed by atoms with E-state index >= 15 is 0 Å². The highest BCUT2D eigenvalue weighted by Crippen LogP contribution is 2.23. The SMILES string of the molecule is Cc1cnc(Nc2ccc(F)c(Cl)c2)c(F)c1. The molecule has 0 unspecified atom stereocenters. The maximum atomic E-state index is 13.5. The van der Waals surface area contributed by atoms with Gasteiger partial charge in [-0.15, -0.1) is 0 Å². The summed E-state index contributed by atoms with van der Waals surface area (Å²) >= 11 is 5.62. The molecule has 0 radical (unpaired) electrons. The summed E-state index contributed by atoms with van der Waals surface area (Å²) in [5.74, 6) is -0.904. The number of nitrogens with zero attached hydrogens (tertiary/aromatic N) is 1. The second-order valence-electron chi connectivity index (χ2n) is 3.60. The molecule has 0 aliphatic rings. The van der Waals surface area contributed by atoms with Gasteiger partial charge in [0.15, 0.2) is 11.6 Å². The van der Waals surface area contributed by atoms with Gasteiger partial charge in [0.25, 0.3) is 0 Å². The van der Waals surface area contributed by atoms with Crippen LogP contribution in [0.1, 0.15) is 5.56 Å². The molecule has 0 saturated heterocycles. The smallest absolute Gasteiger partial charge is 0.166 e. The minimum Gasteiger partial charge on any atom is -0.338 e. The van der Waals surface area contributed by atoms with Crippen LogP contribution in [0.2, 0.25) is 5.02 Å². The lowest BCUT2D eigenvalue weighted by Gasteiger charge is -2.07. The van der Waals surface area contributed by atoms with Crippen LogP contribution in [0.3, 0.4) is 0 Å². The van der Waals surface area contributed by atoms with E-state index in [1.54, 1.807) is 6.92 Å². The molecule has 0 atom stereocenters. The van der Waals surface area contributed by atoms with E-state index in [-0.39, 0.29) is 10.8 Å². The molecule has 1 aromatic heterocycles. The molecule has 0 spiro atoms. The molecule has 88 valence electrons. The predicted octanol–water partition coefficient (Wildman–Crippen LogP) is 4.07. The molecule has 2 rings (SSSR count). The van der Waals surface area contributed by atoms with Crippen molar-refractivity contribution in [2.24, 2.45) is 0 Å². The molecule has 1 heterocycles. The lowest BCUT2D eigenvalue weighted by atomic mass is 10.3. The Balaban J connectivity index is 2.28. The van der Waals surface area contributed by atoms with E-state index in [1.165, 1.54) is 30.5 Å². The molecule has 5 heteroatoms. The number of benzene rings is 1. The number of halogens is 3. The first-order valence-electron chi connectivity index (χ1n) is 4.90. The van der Waals surface area contributed by atoms with Gasteiger partial charge in [-0.2, -0.15) is 0 Å². The fraction of sp³-hybridized carbons (Fsp3) is 0.0833. The molecular formula is C12H9ClF2N2. The van der Waals surface area contributed by atoms with Crippen molar-refractivity contribution in [1.29, 1.82) is 0 Å². The van der Waals surface area contributed by atoms with Crippen molar-refractivity contribution < 1.29 is 8.78 Å². The molecule has 2 aromatic rings. The molecule has 0 bridgehead atoms. The number of rotatable bonds is 2. The van der Waals surface area contributed by atoms with E-state index in [4.69, 9.17) is 11.6 Å². The average molecular weight is 255 g/mol. The van der Waals surface area contributed by atoms with Gasteiger partial charge < -0.3 is 5.32 Å². The number of aromatic nitrogens is 1. The minimum absolute atomic E-state index is 0.0254. The van der Waals surface area contributed by atoms with Crippen LogP contribution >= 0.6 is 11.6 Å². The maximum absolute atomic E-state index is 13.5. The molecule has 0 aliphatic carbocycles. The zero-order chi connectivity index (χ0) is 12.4. The average Bonchev–Trinajstić information content (AvgIpc) is 2.27. The molecule has 1 aromatic carbocycles. The Morgan fingerprint density at radius 2 is 1.94 bits per heavy atom. The molecule has 0 fully saturated rings. The third kappa shape index (κ3) is 2.71. The lowest BCUT2D eigenvalue weighted by molar-refractivity contribution is 0.624. The summed E-state index contributed by atoms with van der Waals surface area (Å²) in [6.45, 7) is 1.74. The topological polar surface area (TPSA) is 24.9 Å². The Morgan fingerprint density at radius 1 is 1.18 bits per heavy atom. The zero-order valence-corrected chi connectivity index (χ0v) is 9.72. The van der Waals surface area contributed by atoms with Gasteiger partial charge >= 0.3 is 0 Å². The van der Waals surface area contributed by atoms with Crippen LogP contribution in [-0.2, 0) is 0 Å². The predicted molar refractivity (Wildman–Crippen MR) is 63.6 cm³/mol. The van der Waals surface area contributed by atoms with Gasteiger partial charge in [0.05, 0.1) is 5.02 Å². The quantitative estimate of drug-likeness (QED) is 0.874. The number of hydrogen-bond donors (Lipinski definition) is 1. The van der Waals surface area contributed by atoms with Gasteiger partial charge in [-0.1, -0.05) is 11.6 Å². The van der Waals surface area contributed by atoms with Crippen molar-refractivity contribution in [3.8, 4) is 0 Å². The largest absolute Gasteiger partial charge is 0.338 e. The minimum atomic E-state index is -0.519. The van der Waals surface area contributed by atoms with Crippen molar-refractivity contribution in [1.82, 2.24) is 4.98 Å². The number of hydrogen-bond acceptors (Lipinski definition) is 2. The zero-order valence-electron chi connectivity index (χ0n) is 8.97. The highest BCUT2D eigenvalue weighted by Gasteiger charge is 2.06. The van der Waals surface area contributed by atoms with E-state index in [0.717, 1.165) is 5.56 Å². The van der Waals surface area contributed by atoms with Crippen LogP contribution in [0.4, 0.5) is 20.3 Å². The van der Waals surface area contributed by atoms with Crippen molar-refractivity contribution in [3.05, 3.63) is 52.7 Å². The first-order chi connectivity index (χ1) is 8.06. The molecule has 0 amide bonds. The summed E-state index contributed by atoms with van der Waals surface area (Å²) in [5.41, 5.74) is 1.21. The summed E-state index contributed by atoms with van der Waals surface area (Å²) < 4.78 is 26.4. The van der Waals surface area contributed by atoms with E-state index in [2.05, 4.69) is 10.3 Å². The Bertz CT molecular complexity index is 558. The lowest BCUT2D eigenvalue weighted by Crippen LogP contribution is -1.97. The van der Waals surface area contributed by atoms with Gasteiger partial charge in [-0.3, -0.25) is 0 Å². The summed E-state index contributed by atoms with van der Waals surface area (Å²) in [6.07, 6.45) is 1.54. The third-order valence-electron chi connectivity index (χ3n) is 2.16. The molecule has 2 nitrogen and oxygen atoms in total.